The highest BCUT2D eigenvalue weighted by Crippen LogP contribution is 1.83. The van der Waals surface area contributed by atoms with E-state index in [0.717, 1.165) is 12.8 Å². The summed E-state index contributed by atoms with van der Waals surface area (Å²) >= 11 is 4.52. The van der Waals surface area contributed by atoms with Gasteiger partial charge in [0.05, 0.1) is 6.42 Å². The molecule has 0 aliphatic carbocycles. The molecule has 0 radical (unpaired) electrons. The molecule has 0 bridgehead atoms. The van der Waals surface area contributed by atoms with E-state index in [0.29, 0.717) is 19.5 Å². The zero-order chi connectivity index (χ0) is 8.53. The Bertz CT molecular complexity index is 128. The van der Waals surface area contributed by atoms with Crippen LogP contribution in [0.3, 0.4) is 0 Å². The topological polar surface area (TPSA) is 55.1 Å². The van der Waals surface area contributed by atoms with E-state index in [1.165, 1.54) is 5.37 Å². The fourth-order valence-corrected chi connectivity index (χ4v) is 0.796. The van der Waals surface area contributed by atoms with Gasteiger partial charge in [-0.2, -0.15) is 0 Å². The highest BCUT2D eigenvalue weighted by molar-refractivity contribution is 7.79. The summed E-state index contributed by atoms with van der Waals surface area (Å²) in [6.45, 7) is 1.39. The zero-order valence-electron chi connectivity index (χ0n) is 6.51. The summed E-state index contributed by atoms with van der Waals surface area (Å²) < 4.78 is 0. The van der Waals surface area contributed by atoms with E-state index in [4.69, 9.17) is 5.73 Å². The van der Waals surface area contributed by atoms with Crippen LogP contribution in [0.25, 0.3) is 0 Å². The summed E-state index contributed by atoms with van der Waals surface area (Å²) in [5.41, 5.74) is 5.27. The van der Waals surface area contributed by atoms with E-state index in [1.54, 1.807) is 0 Å². The lowest BCUT2D eigenvalue weighted by molar-refractivity contribution is -0.119. The first-order valence-corrected chi connectivity index (χ1v) is 4.18. The second kappa shape index (κ2) is 7.63. The maximum atomic E-state index is 10.8. The molecule has 0 fully saturated rings. The maximum Gasteiger partial charge on any atom is 0.224 e. The van der Waals surface area contributed by atoms with Gasteiger partial charge in [-0.25, -0.2) is 0 Å². The number of nitrogens with one attached hydrogen (secondary N) is 1. The molecule has 3 nitrogen and oxygen atoms in total. The molecule has 64 valence electrons. The third kappa shape index (κ3) is 7.42. The molecule has 0 atom stereocenters. The van der Waals surface area contributed by atoms with Gasteiger partial charge in [0.25, 0.3) is 0 Å². The van der Waals surface area contributed by atoms with Crippen molar-refractivity contribution < 1.29 is 4.79 Å². The van der Waals surface area contributed by atoms with Crippen LogP contribution < -0.4 is 11.1 Å². The number of unbranched alkanes of at least 4 members (excludes halogenated alkanes) is 1. The van der Waals surface area contributed by atoms with Crippen LogP contribution in [0.4, 0.5) is 0 Å². The van der Waals surface area contributed by atoms with Gasteiger partial charge in [-0.05, 0) is 24.8 Å². The van der Waals surface area contributed by atoms with Crippen LogP contribution in [0.5, 0.6) is 0 Å². The van der Waals surface area contributed by atoms with Crippen LogP contribution in [0.1, 0.15) is 19.3 Å². The fourth-order valence-electron chi connectivity index (χ4n) is 0.645. The van der Waals surface area contributed by atoms with Gasteiger partial charge >= 0.3 is 0 Å². The number of carbonyl (C=O) groups excluding carboxylic acids is 1. The summed E-state index contributed by atoms with van der Waals surface area (Å²) in [5.74, 6) is -0.00276. The Morgan fingerprint density at radius 2 is 2.27 bits per heavy atom. The fraction of sp³-hybridized carbons (Fsp3) is 0.714. The van der Waals surface area contributed by atoms with Crippen molar-refractivity contribution in [1.82, 2.24) is 5.32 Å². The molecule has 0 saturated carbocycles. The van der Waals surface area contributed by atoms with Gasteiger partial charge in [-0.1, -0.05) is 12.2 Å². The smallest absolute Gasteiger partial charge is 0.224 e. The van der Waals surface area contributed by atoms with Crippen molar-refractivity contribution in [3.63, 3.8) is 0 Å². The normalized spacial score (nSPS) is 9.18. The SMILES string of the molecule is NCCCCNC(=O)CC=S. The molecule has 0 aromatic heterocycles. The Balaban J connectivity index is 3.10. The molecule has 0 spiro atoms. The molecule has 1 amide bonds. The van der Waals surface area contributed by atoms with Gasteiger partial charge in [0.2, 0.25) is 5.91 Å². The third-order valence-electron chi connectivity index (χ3n) is 1.22. The first kappa shape index (κ1) is 10.5. The van der Waals surface area contributed by atoms with Crippen molar-refractivity contribution in [3.05, 3.63) is 0 Å². The number of nitrogens with two attached hydrogens (primary N) is 1. The van der Waals surface area contributed by atoms with Gasteiger partial charge in [-0.3, -0.25) is 4.79 Å². The lowest BCUT2D eigenvalue weighted by Crippen LogP contribution is -2.24. The largest absolute Gasteiger partial charge is 0.356 e. The van der Waals surface area contributed by atoms with Gasteiger partial charge in [0, 0.05) is 6.54 Å². The van der Waals surface area contributed by atoms with Gasteiger partial charge < -0.3 is 11.1 Å². The van der Waals surface area contributed by atoms with Crippen LogP contribution in [-0.4, -0.2) is 24.4 Å². The molecule has 0 rings (SSSR count). The molecule has 3 N–H and O–H groups in total. The summed E-state index contributed by atoms with van der Waals surface area (Å²) in [6.07, 6.45) is 2.23. The van der Waals surface area contributed by atoms with Crippen molar-refractivity contribution in [1.29, 1.82) is 0 Å². The van der Waals surface area contributed by atoms with E-state index in [2.05, 4.69) is 17.5 Å². The highest BCUT2D eigenvalue weighted by Gasteiger charge is 1.95. The second-order valence-corrected chi connectivity index (χ2v) is 2.55. The van der Waals surface area contributed by atoms with Crippen LogP contribution in [-0.2, 0) is 4.79 Å². The standard InChI is InChI=1S/C7H14N2OS/c8-4-1-2-5-9-7(10)3-6-11/h6H,1-5,8H2,(H,9,10). The lowest BCUT2D eigenvalue weighted by atomic mass is 10.3. The van der Waals surface area contributed by atoms with E-state index < -0.39 is 0 Å². The third-order valence-corrected chi connectivity index (χ3v) is 1.39. The Kier molecular flexibility index (Phi) is 7.29. The van der Waals surface area contributed by atoms with E-state index >= 15 is 0 Å². The predicted molar refractivity (Wildman–Crippen MR) is 49.6 cm³/mol. The second-order valence-electron chi connectivity index (χ2n) is 2.22. The molecule has 0 aromatic rings. The molecule has 0 aliphatic rings. The van der Waals surface area contributed by atoms with Crippen molar-refractivity contribution >= 4 is 23.5 Å². The predicted octanol–water partition coefficient (Wildman–Crippen LogP) is 0.231. The number of amides is 1. The Labute approximate surface area is 72.3 Å². The average molecular weight is 174 g/mol. The van der Waals surface area contributed by atoms with Crippen molar-refractivity contribution in [2.45, 2.75) is 19.3 Å². The number of rotatable bonds is 6. The minimum absolute atomic E-state index is 0.00276. The molecule has 4 heteroatoms. The average Bonchev–Trinajstić information content (AvgIpc) is 1.99. The Morgan fingerprint density at radius 3 is 2.82 bits per heavy atom. The van der Waals surface area contributed by atoms with Crippen LogP contribution in [0, 0.1) is 0 Å². The Hall–Kier alpha value is -0.480. The summed E-state index contributed by atoms with van der Waals surface area (Å²) in [7, 11) is 0. The van der Waals surface area contributed by atoms with Gasteiger partial charge in [-0.15, -0.1) is 0 Å². The Morgan fingerprint density at radius 1 is 1.55 bits per heavy atom. The molecule has 11 heavy (non-hydrogen) atoms. The highest BCUT2D eigenvalue weighted by atomic mass is 32.1. The van der Waals surface area contributed by atoms with Crippen molar-refractivity contribution in [2.24, 2.45) is 5.73 Å². The lowest BCUT2D eigenvalue weighted by Gasteiger charge is -2.00. The van der Waals surface area contributed by atoms with Crippen LogP contribution in [0.15, 0.2) is 0 Å². The minimum atomic E-state index is -0.00276. The number of hydrogen-bond acceptors (Lipinski definition) is 3. The molecule has 0 aromatic carbocycles. The van der Waals surface area contributed by atoms with Crippen molar-refractivity contribution in [3.8, 4) is 0 Å². The molecular formula is C7H14N2OS. The van der Waals surface area contributed by atoms with Gasteiger partial charge in [0.15, 0.2) is 0 Å². The summed E-state index contributed by atoms with van der Waals surface area (Å²) in [6, 6.07) is 0. The molecule has 0 saturated heterocycles. The summed E-state index contributed by atoms with van der Waals surface area (Å²) in [4.78, 5) is 10.8. The first-order chi connectivity index (χ1) is 5.31. The molecule has 0 aliphatic heterocycles. The van der Waals surface area contributed by atoms with Crippen molar-refractivity contribution in [2.75, 3.05) is 13.1 Å². The number of thiocarbonyl (C=S) groups is 1. The molecule has 0 unspecified atom stereocenters. The maximum absolute atomic E-state index is 10.8. The van der Waals surface area contributed by atoms with Gasteiger partial charge in [0.1, 0.15) is 0 Å². The number of carbonyl (C=O) groups is 1. The molecule has 0 heterocycles. The first-order valence-electron chi connectivity index (χ1n) is 3.71. The minimum Gasteiger partial charge on any atom is -0.356 e. The van der Waals surface area contributed by atoms with E-state index in [9.17, 15) is 4.79 Å². The number of hydrogen-bond donors (Lipinski definition) is 2. The zero-order valence-corrected chi connectivity index (χ0v) is 7.32. The molecular weight excluding hydrogens is 160 g/mol. The van der Waals surface area contributed by atoms with Crippen LogP contribution >= 0.6 is 12.2 Å². The quantitative estimate of drug-likeness (QED) is 0.448. The summed E-state index contributed by atoms with van der Waals surface area (Å²) in [5, 5.41) is 4.15. The monoisotopic (exact) mass is 174 g/mol. The van der Waals surface area contributed by atoms with E-state index in [1.807, 2.05) is 0 Å². The van der Waals surface area contributed by atoms with Crippen LogP contribution in [0.2, 0.25) is 0 Å². The van der Waals surface area contributed by atoms with E-state index in [-0.39, 0.29) is 5.91 Å².